The van der Waals surface area contributed by atoms with E-state index in [1.54, 1.807) is 18.2 Å². The van der Waals surface area contributed by atoms with Crippen molar-refractivity contribution in [3.8, 4) is 0 Å². The average Bonchev–Trinajstić information content (AvgIpc) is 2.17. The molecule has 14 heavy (non-hydrogen) atoms. The maximum atomic E-state index is 9.09. The van der Waals surface area contributed by atoms with Crippen molar-refractivity contribution < 1.29 is 19.6 Å². The molecule has 0 spiro atoms. The smallest absolute Gasteiger partial charge is 0.201 e. The fraction of sp³-hybridized carbons (Fsp3) is 0.143. The van der Waals surface area contributed by atoms with Gasteiger partial charge in [-0.25, -0.2) is 0 Å². The molecule has 1 rings (SSSR count). The lowest BCUT2D eigenvalue weighted by atomic mass is 10.2. The van der Waals surface area contributed by atoms with E-state index in [4.69, 9.17) is 25.3 Å². The Hall–Kier alpha value is -0.120. The summed E-state index contributed by atoms with van der Waals surface area (Å²) in [4.78, 5) is 36.3. The highest BCUT2D eigenvalue weighted by Gasteiger charge is 2.43. The van der Waals surface area contributed by atoms with Crippen LogP contribution in [0.25, 0.3) is 0 Å². The normalized spacial score (nSPS) is 12.5. The lowest BCUT2D eigenvalue weighted by molar-refractivity contribution is 0.417. The first-order valence-electron chi connectivity index (χ1n) is 3.70. The van der Waals surface area contributed by atoms with Crippen molar-refractivity contribution in [2.24, 2.45) is 5.73 Å². The van der Waals surface area contributed by atoms with Crippen LogP contribution in [-0.2, 0) is 5.02 Å². The zero-order chi connectivity index (χ0) is 10.8. The van der Waals surface area contributed by atoms with Crippen LogP contribution in [0.4, 0.5) is 0 Å². The Morgan fingerprint density at radius 3 is 1.71 bits per heavy atom. The van der Waals surface area contributed by atoms with Crippen LogP contribution in [0, 0.1) is 0 Å². The van der Waals surface area contributed by atoms with Gasteiger partial charge in [-0.3, -0.25) is 0 Å². The molecular weight excluding hydrogens is 224 g/mol. The molecule has 0 atom stereocenters. The third-order valence-electron chi connectivity index (χ3n) is 1.81. The maximum absolute atomic E-state index is 9.09. The summed E-state index contributed by atoms with van der Waals surface area (Å²) in [7, 11) is -5.31. The SMILES string of the molecule is NC(c1ccccc1)(P(O)O)P(O)O. The molecule has 0 saturated heterocycles. The highest BCUT2D eigenvalue weighted by Crippen LogP contribution is 2.62. The van der Waals surface area contributed by atoms with Crippen molar-refractivity contribution in [3.05, 3.63) is 35.9 Å². The topological polar surface area (TPSA) is 107 Å². The fourth-order valence-corrected chi connectivity index (χ4v) is 2.39. The summed E-state index contributed by atoms with van der Waals surface area (Å²) in [5, 5.41) is -1.86. The van der Waals surface area contributed by atoms with Crippen molar-refractivity contribution in [2.45, 2.75) is 5.02 Å². The van der Waals surface area contributed by atoms with Crippen LogP contribution in [0.2, 0.25) is 0 Å². The van der Waals surface area contributed by atoms with Gasteiger partial charge in [0.05, 0.1) is 0 Å². The zero-order valence-corrected chi connectivity index (χ0v) is 8.94. The number of rotatable bonds is 3. The predicted molar refractivity (Wildman–Crippen MR) is 55.0 cm³/mol. The quantitative estimate of drug-likeness (QED) is 0.486. The summed E-state index contributed by atoms with van der Waals surface area (Å²) in [6.45, 7) is 0. The van der Waals surface area contributed by atoms with Gasteiger partial charge in [0.15, 0.2) is 5.02 Å². The molecule has 78 valence electrons. The Morgan fingerprint density at radius 2 is 1.36 bits per heavy atom. The first-order valence-corrected chi connectivity index (χ1v) is 6.19. The molecule has 1 aromatic carbocycles. The highest BCUT2D eigenvalue weighted by molar-refractivity contribution is 7.65. The van der Waals surface area contributed by atoms with E-state index in [0.29, 0.717) is 5.56 Å². The van der Waals surface area contributed by atoms with Gasteiger partial charge in [0.1, 0.15) is 0 Å². The first-order chi connectivity index (χ1) is 6.49. The molecule has 0 unspecified atom stereocenters. The number of hydrogen-bond acceptors (Lipinski definition) is 5. The number of benzene rings is 1. The number of nitrogens with two attached hydrogens (primary N) is 1. The molecule has 5 nitrogen and oxygen atoms in total. The predicted octanol–water partition coefficient (Wildman–Crippen LogP) is 0.349. The van der Waals surface area contributed by atoms with Crippen LogP contribution in [-0.4, -0.2) is 19.6 Å². The number of hydrogen-bond donors (Lipinski definition) is 5. The Labute approximate surface area is 83.7 Å². The van der Waals surface area contributed by atoms with Gasteiger partial charge in [-0.1, -0.05) is 30.3 Å². The van der Waals surface area contributed by atoms with Crippen LogP contribution in [0.1, 0.15) is 5.56 Å². The molecule has 0 aliphatic heterocycles. The van der Waals surface area contributed by atoms with Crippen molar-refractivity contribution in [1.82, 2.24) is 0 Å². The van der Waals surface area contributed by atoms with Crippen LogP contribution in [0.3, 0.4) is 0 Å². The van der Waals surface area contributed by atoms with Crippen LogP contribution < -0.4 is 5.73 Å². The molecule has 7 heteroatoms. The van der Waals surface area contributed by atoms with Gasteiger partial charge in [-0.05, 0) is 5.56 Å². The summed E-state index contributed by atoms with van der Waals surface area (Å²) in [5.74, 6) is 0. The summed E-state index contributed by atoms with van der Waals surface area (Å²) in [6, 6.07) is 8.02. The van der Waals surface area contributed by atoms with E-state index in [2.05, 4.69) is 0 Å². The molecule has 1 aromatic rings. The molecule has 0 aliphatic carbocycles. The lowest BCUT2D eigenvalue weighted by Crippen LogP contribution is -2.32. The van der Waals surface area contributed by atoms with Crippen LogP contribution >= 0.6 is 16.8 Å². The Bertz CT molecular complexity index is 285. The van der Waals surface area contributed by atoms with E-state index in [1.807, 2.05) is 0 Å². The van der Waals surface area contributed by atoms with E-state index < -0.39 is 21.8 Å². The van der Waals surface area contributed by atoms with Gasteiger partial charge in [0, 0.05) is 0 Å². The summed E-state index contributed by atoms with van der Waals surface area (Å²) in [6.07, 6.45) is 0. The van der Waals surface area contributed by atoms with Gasteiger partial charge in [-0.2, -0.15) is 0 Å². The first kappa shape index (κ1) is 12.0. The third-order valence-corrected chi connectivity index (χ3v) is 4.62. The van der Waals surface area contributed by atoms with Crippen molar-refractivity contribution in [1.29, 1.82) is 0 Å². The Kier molecular flexibility index (Phi) is 3.93. The molecule has 0 saturated carbocycles. The van der Waals surface area contributed by atoms with Gasteiger partial charge >= 0.3 is 0 Å². The van der Waals surface area contributed by atoms with Crippen molar-refractivity contribution in [3.63, 3.8) is 0 Å². The van der Waals surface area contributed by atoms with Crippen LogP contribution in [0.15, 0.2) is 30.3 Å². The summed E-state index contributed by atoms with van der Waals surface area (Å²) in [5.41, 5.74) is 5.86. The van der Waals surface area contributed by atoms with E-state index in [1.165, 1.54) is 12.1 Å². The van der Waals surface area contributed by atoms with Gasteiger partial charge in [0.2, 0.25) is 16.8 Å². The van der Waals surface area contributed by atoms with Gasteiger partial charge < -0.3 is 25.3 Å². The minimum Gasteiger partial charge on any atom is -0.348 e. The standard InChI is InChI=1S/C7H11NO4P2/c8-7(13(9)10,14(11)12)6-4-2-1-3-5-6/h1-5,9-12H,8H2. The average molecular weight is 235 g/mol. The minimum absolute atomic E-state index is 0.298. The second kappa shape index (κ2) is 4.60. The molecule has 0 fully saturated rings. The molecule has 0 aromatic heterocycles. The molecule has 0 amide bonds. The molecule has 0 aliphatic rings. The van der Waals surface area contributed by atoms with Crippen molar-refractivity contribution in [2.75, 3.05) is 0 Å². The summed E-state index contributed by atoms with van der Waals surface area (Å²) >= 11 is 0. The van der Waals surface area contributed by atoms with E-state index >= 15 is 0 Å². The largest absolute Gasteiger partial charge is 0.348 e. The van der Waals surface area contributed by atoms with Gasteiger partial charge in [0.25, 0.3) is 0 Å². The monoisotopic (exact) mass is 235 g/mol. The van der Waals surface area contributed by atoms with E-state index in [-0.39, 0.29) is 0 Å². The zero-order valence-electron chi connectivity index (χ0n) is 7.15. The van der Waals surface area contributed by atoms with E-state index in [0.717, 1.165) is 0 Å². The molecule has 0 heterocycles. The fourth-order valence-electron chi connectivity index (χ4n) is 0.994. The molecule has 0 bridgehead atoms. The van der Waals surface area contributed by atoms with E-state index in [9.17, 15) is 0 Å². The van der Waals surface area contributed by atoms with Gasteiger partial charge in [-0.15, -0.1) is 0 Å². The molecule has 0 radical (unpaired) electrons. The molecular formula is C7H11NO4P2. The van der Waals surface area contributed by atoms with Crippen LogP contribution in [0.5, 0.6) is 0 Å². The Balaban J connectivity index is 3.13. The minimum atomic E-state index is -2.66. The van der Waals surface area contributed by atoms with Crippen molar-refractivity contribution >= 4 is 16.8 Å². The Morgan fingerprint density at radius 1 is 0.929 bits per heavy atom. The highest BCUT2D eigenvalue weighted by atomic mass is 31.2. The lowest BCUT2D eigenvalue weighted by Gasteiger charge is -2.30. The maximum Gasteiger partial charge on any atom is 0.201 e. The third kappa shape index (κ3) is 2.10. The molecule has 6 N–H and O–H groups in total. The second-order valence-corrected chi connectivity index (χ2v) is 5.59. The second-order valence-electron chi connectivity index (χ2n) is 2.67. The summed E-state index contributed by atoms with van der Waals surface area (Å²) < 4.78 is 0.